The van der Waals surface area contributed by atoms with E-state index in [1.165, 1.54) is 0 Å². The molecule has 0 aromatic heterocycles. The molecule has 1 aliphatic heterocycles. The Kier molecular flexibility index (Phi) is 7.13. The first-order chi connectivity index (χ1) is 11.9. The third kappa shape index (κ3) is 5.37. The summed E-state index contributed by atoms with van der Waals surface area (Å²) < 4.78 is 6.18. The molecule has 2 rings (SSSR count). The Morgan fingerprint density at radius 3 is 2.68 bits per heavy atom. The van der Waals surface area contributed by atoms with Gasteiger partial charge in [0.1, 0.15) is 0 Å². The predicted octanol–water partition coefficient (Wildman–Crippen LogP) is 2.61. The molecule has 1 aromatic rings. The van der Waals surface area contributed by atoms with Crippen molar-refractivity contribution in [2.24, 2.45) is 5.92 Å². The minimum Gasteiger partial charge on any atom is -0.381 e. The van der Waals surface area contributed by atoms with Gasteiger partial charge in [-0.2, -0.15) is 0 Å². The van der Waals surface area contributed by atoms with Crippen molar-refractivity contribution >= 4 is 33.7 Å². The Morgan fingerprint density at radius 2 is 1.96 bits per heavy atom. The number of imide groups is 1. The van der Waals surface area contributed by atoms with Crippen LogP contribution in [0, 0.1) is 5.92 Å². The topological polar surface area (TPSA) is 75.7 Å². The second-order valence-corrected chi connectivity index (χ2v) is 7.29. The summed E-state index contributed by atoms with van der Waals surface area (Å²) in [4.78, 5) is 37.6. The van der Waals surface area contributed by atoms with Crippen LogP contribution in [0.25, 0.3) is 0 Å². The molecule has 0 bridgehead atoms. The Balaban J connectivity index is 1.72. The summed E-state index contributed by atoms with van der Waals surface area (Å²) >= 11 is 3.29. The van der Waals surface area contributed by atoms with Gasteiger partial charge in [0.05, 0.1) is 11.1 Å². The maximum Gasteiger partial charge on any atom is 0.261 e. The van der Waals surface area contributed by atoms with Gasteiger partial charge >= 0.3 is 0 Å². The summed E-state index contributed by atoms with van der Waals surface area (Å²) in [5.74, 6) is -0.380. The highest BCUT2D eigenvalue weighted by atomic mass is 79.9. The van der Waals surface area contributed by atoms with Crippen LogP contribution in [0.2, 0.25) is 0 Å². The number of carbonyl (C=O) groups excluding carboxylic acids is 3. The van der Waals surface area contributed by atoms with E-state index >= 15 is 0 Å². The van der Waals surface area contributed by atoms with E-state index in [1.54, 1.807) is 18.2 Å². The van der Waals surface area contributed by atoms with E-state index in [4.69, 9.17) is 4.74 Å². The highest BCUT2D eigenvalue weighted by Crippen LogP contribution is 2.25. The van der Waals surface area contributed by atoms with Crippen molar-refractivity contribution in [1.82, 2.24) is 10.2 Å². The molecule has 0 radical (unpaired) electrons. The molecule has 0 fully saturated rings. The fourth-order valence-electron chi connectivity index (χ4n) is 2.49. The van der Waals surface area contributed by atoms with Crippen molar-refractivity contribution < 1.29 is 19.1 Å². The van der Waals surface area contributed by atoms with Crippen LogP contribution >= 0.6 is 15.9 Å². The first-order valence-corrected chi connectivity index (χ1v) is 9.19. The Bertz CT molecular complexity index is 660. The van der Waals surface area contributed by atoms with Gasteiger partial charge in [-0.05, 0) is 30.5 Å². The molecule has 25 heavy (non-hydrogen) atoms. The zero-order valence-electron chi connectivity index (χ0n) is 14.5. The zero-order valence-corrected chi connectivity index (χ0v) is 16.1. The molecular weight excluding hydrogens is 388 g/mol. The molecule has 7 heteroatoms. The molecule has 0 unspecified atom stereocenters. The molecule has 1 aliphatic rings. The molecule has 0 spiro atoms. The Hall–Kier alpha value is -1.73. The largest absolute Gasteiger partial charge is 0.381 e. The summed E-state index contributed by atoms with van der Waals surface area (Å²) in [5, 5.41) is 2.78. The summed E-state index contributed by atoms with van der Waals surface area (Å²) in [5.41, 5.74) is 0.762. The van der Waals surface area contributed by atoms with Gasteiger partial charge in [-0.15, -0.1) is 0 Å². The van der Waals surface area contributed by atoms with Crippen LogP contribution in [0.3, 0.4) is 0 Å². The number of nitrogens with zero attached hydrogens (tertiary/aromatic N) is 1. The molecule has 6 nitrogen and oxygen atoms in total. The highest BCUT2D eigenvalue weighted by Gasteiger charge is 2.35. The molecular formula is C18H23BrN2O4. The number of hydrogen-bond acceptors (Lipinski definition) is 4. The van der Waals surface area contributed by atoms with Crippen LogP contribution < -0.4 is 5.32 Å². The van der Waals surface area contributed by atoms with Crippen LogP contribution in [-0.2, 0) is 9.53 Å². The number of fused-ring (bicyclic) bond motifs is 1. The van der Waals surface area contributed by atoms with Gasteiger partial charge < -0.3 is 10.1 Å². The fraction of sp³-hybridized carbons (Fsp3) is 0.500. The summed E-state index contributed by atoms with van der Waals surface area (Å²) in [7, 11) is 0. The van der Waals surface area contributed by atoms with E-state index in [0.29, 0.717) is 36.8 Å². The smallest absolute Gasteiger partial charge is 0.261 e. The van der Waals surface area contributed by atoms with Crippen molar-refractivity contribution in [2.75, 3.05) is 26.3 Å². The number of nitrogens with one attached hydrogen (secondary N) is 1. The second-order valence-electron chi connectivity index (χ2n) is 6.37. The number of ether oxygens (including phenoxy) is 1. The van der Waals surface area contributed by atoms with Crippen molar-refractivity contribution in [3.63, 3.8) is 0 Å². The van der Waals surface area contributed by atoms with Crippen molar-refractivity contribution in [1.29, 1.82) is 0 Å². The van der Waals surface area contributed by atoms with E-state index in [1.807, 2.05) is 0 Å². The molecule has 0 saturated heterocycles. The first-order valence-electron chi connectivity index (χ1n) is 8.40. The van der Waals surface area contributed by atoms with Crippen LogP contribution in [0.4, 0.5) is 0 Å². The number of hydrogen-bond donors (Lipinski definition) is 1. The highest BCUT2D eigenvalue weighted by molar-refractivity contribution is 9.10. The fourth-order valence-corrected chi connectivity index (χ4v) is 2.85. The van der Waals surface area contributed by atoms with Crippen molar-refractivity contribution in [2.45, 2.75) is 26.7 Å². The Morgan fingerprint density at radius 1 is 1.24 bits per heavy atom. The average molecular weight is 411 g/mol. The van der Waals surface area contributed by atoms with E-state index in [9.17, 15) is 14.4 Å². The predicted molar refractivity (Wildman–Crippen MR) is 97.4 cm³/mol. The van der Waals surface area contributed by atoms with Crippen molar-refractivity contribution in [3.8, 4) is 0 Å². The molecule has 1 N–H and O–H groups in total. The van der Waals surface area contributed by atoms with Crippen LogP contribution in [0.5, 0.6) is 0 Å². The van der Waals surface area contributed by atoms with E-state index in [-0.39, 0.29) is 30.7 Å². The van der Waals surface area contributed by atoms with E-state index in [2.05, 4.69) is 35.1 Å². The maximum atomic E-state index is 12.3. The van der Waals surface area contributed by atoms with Gasteiger partial charge in [-0.25, -0.2) is 0 Å². The van der Waals surface area contributed by atoms with Crippen LogP contribution in [0.1, 0.15) is 47.4 Å². The minimum atomic E-state index is -0.351. The minimum absolute atomic E-state index is 0.0830. The molecule has 0 atom stereocenters. The lowest BCUT2D eigenvalue weighted by atomic mass is 10.1. The molecule has 3 amide bonds. The van der Waals surface area contributed by atoms with Crippen molar-refractivity contribution in [3.05, 3.63) is 33.8 Å². The van der Waals surface area contributed by atoms with Gasteiger partial charge in [0.2, 0.25) is 5.91 Å². The third-order valence-electron chi connectivity index (χ3n) is 3.73. The molecule has 1 aromatic carbocycles. The maximum absolute atomic E-state index is 12.3. The van der Waals surface area contributed by atoms with E-state index in [0.717, 1.165) is 15.8 Å². The molecule has 0 aliphatic carbocycles. The van der Waals surface area contributed by atoms with Crippen LogP contribution in [0.15, 0.2) is 22.7 Å². The normalized spacial score (nSPS) is 13.5. The SMILES string of the molecule is CC(C)COCCCNC(=O)CCN1C(=O)c2ccc(Br)cc2C1=O. The second kappa shape index (κ2) is 9.10. The lowest BCUT2D eigenvalue weighted by Gasteiger charge is -2.13. The quantitative estimate of drug-likeness (QED) is 0.501. The average Bonchev–Trinajstić information content (AvgIpc) is 2.79. The molecule has 136 valence electrons. The third-order valence-corrected chi connectivity index (χ3v) is 4.23. The Labute approximate surface area is 156 Å². The summed E-state index contributed by atoms with van der Waals surface area (Å²) in [6.45, 7) is 6.08. The zero-order chi connectivity index (χ0) is 18.4. The van der Waals surface area contributed by atoms with Gasteiger partial charge in [-0.3, -0.25) is 19.3 Å². The van der Waals surface area contributed by atoms with Gasteiger partial charge in [0.15, 0.2) is 0 Å². The number of rotatable bonds is 9. The monoisotopic (exact) mass is 410 g/mol. The summed E-state index contributed by atoms with van der Waals surface area (Å²) in [6, 6.07) is 4.98. The van der Waals surface area contributed by atoms with Gasteiger partial charge in [0.25, 0.3) is 11.8 Å². The lowest BCUT2D eigenvalue weighted by Crippen LogP contribution is -2.35. The van der Waals surface area contributed by atoms with Gasteiger partial charge in [0, 0.05) is 37.2 Å². The standard InChI is InChI=1S/C18H23BrN2O4/c1-12(2)11-25-9-3-7-20-16(22)6-8-21-17(23)14-5-4-13(19)10-15(14)18(21)24/h4-5,10,12H,3,6-9,11H2,1-2H3,(H,20,22). The number of halogens is 1. The number of benzene rings is 1. The van der Waals surface area contributed by atoms with E-state index < -0.39 is 0 Å². The lowest BCUT2D eigenvalue weighted by molar-refractivity contribution is -0.121. The first kappa shape index (κ1) is 19.6. The number of amides is 3. The summed E-state index contributed by atoms with van der Waals surface area (Å²) in [6.07, 6.45) is 0.832. The van der Waals surface area contributed by atoms with Crippen LogP contribution in [-0.4, -0.2) is 48.9 Å². The molecule has 0 saturated carbocycles. The molecule has 1 heterocycles. The number of carbonyl (C=O) groups is 3. The van der Waals surface area contributed by atoms with Gasteiger partial charge in [-0.1, -0.05) is 29.8 Å².